The largest absolute Gasteiger partial charge is 0.368 e. The molecule has 0 fully saturated rings. The summed E-state index contributed by atoms with van der Waals surface area (Å²) < 4.78 is 0. The summed E-state index contributed by atoms with van der Waals surface area (Å²) in [4.78, 5) is 26.2. The van der Waals surface area contributed by atoms with Crippen LogP contribution in [0, 0.1) is 0 Å². The van der Waals surface area contributed by atoms with Crippen LogP contribution < -0.4 is 16.4 Å². The second-order valence-electron chi connectivity index (χ2n) is 4.96. The number of nitrogens with two attached hydrogens (primary N) is 2. The van der Waals surface area contributed by atoms with Crippen LogP contribution in [-0.4, -0.2) is 32.7 Å². The molecule has 0 aliphatic carbocycles. The highest BCUT2D eigenvalue weighted by molar-refractivity contribution is 8.00. The Morgan fingerprint density at radius 2 is 1.91 bits per heavy atom. The zero-order chi connectivity index (χ0) is 15.7. The Bertz CT molecular complexity index is 702. The first kappa shape index (κ1) is 14.6. The fourth-order valence-corrected chi connectivity index (χ4v) is 3.27. The second-order valence-corrected chi connectivity index (χ2v) is 6.27. The summed E-state index contributed by atoms with van der Waals surface area (Å²) in [5, 5.41) is 0.0192. The average Bonchev–Trinajstić information content (AvgIpc) is 2.89. The Hall–Kier alpha value is -2.35. The van der Waals surface area contributed by atoms with Crippen molar-refractivity contribution in [1.82, 2.24) is 15.0 Å². The number of para-hydroxylation sites is 1. The molecule has 0 unspecified atom stereocenters. The minimum absolute atomic E-state index is 0.0208. The molecule has 0 bridgehead atoms. The lowest BCUT2D eigenvalue weighted by Gasteiger charge is -2.20. The van der Waals surface area contributed by atoms with Crippen LogP contribution in [0.25, 0.3) is 0 Å². The molecule has 4 N–H and O–H groups in total. The van der Waals surface area contributed by atoms with E-state index in [1.54, 1.807) is 4.90 Å². The van der Waals surface area contributed by atoms with Gasteiger partial charge in [-0.25, -0.2) is 0 Å². The molecule has 1 aliphatic heterocycles. The van der Waals surface area contributed by atoms with Crippen molar-refractivity contribution in [3.8, 4) is 0 Å². The van der Waals surface area contributed by atoms with Gasteiger partial charge in [-0.2, -0.15) is 15.0 Å². The number of hydrogen-bond acceptors (Lipinski definition) is 7. The zero-order valence-electron chi connectivity index (χ0n) is 12.1. The van der Waals surface area contributed by atoms with Gasteiger partial charge in [0.1, 0.15) is 0 Å². The second kappa shape index (κ2) is 5.80. The van der Waals surface area contributed by atoms with E-state index in [0.29, 0.717) is 11.7 Å². The van der Waals surface area contributed by atoms with Crippen molar-refractivity contribution < 1.29 is 4.79 Å². The van der Waals surface area contributed by atoms with Gasteiger partial charge in [-0.05, 0) is 25.0 Å². The molecule has 1 amide bonds. The Morgan fingerprint density at radius 1 is 1.23 bits per heavy atom. The molecular weight excluding hydrogens is 300 g/mol. The number of nitrogens with zero attached hydrogens (tertiary/aromatic N) is 4. The van der Waals surface area contributed by atoms with E-state index >= 15 is 0 Å². The van der Waals surface area contributed by atoms with Gasteiger partial charge < -0.3 is 16.4 Å². The van der Waals surface area contributed by atoms with Gasteiger partial charge in [0.15, 0.2) is 5.16 Å². The van der Waals surface area contributed by atoms with E-state index in [9.17, 15) is 4.79 Å². The number of carbonyl (C=O) groups is 1. The van der Waals surface area contributed by atoms with Crippen molar-refractivity contribution in [1.29, 1.82) is 0 Å². The molecule has 22 heavy (non-hydrogen) atoms. The fourth-order valence-electron chi connectivity index (χ4n) is 2.44. The summed E-state index contributed by atoms with van der Waals surface area (Å²) in [6.45, 7) is 2.52. The molecule has 3 rings (SSSR count). The highest BCUT2D eigenvalue weighted by atomic mass is 32.2. The summed E-state index contributed by atoms with van der Waals surface area (Å²) in [5.74, 6) is 0.134. The maximum Gasteiger partial charge on any atom is 0.240 e. The van der Waals surface area contributed by atoms with Gasteiger partial charge in [-0.15, -0.1) is 0 Å². The van der Waals surface area contributed by atoms with Crippen molar-refractivity contribution in [2.24, 2.45) is 0 Å². The van der Waals surface area contributed by atoms with Crippen LogP contribution in [0.15, 0.2) is 29.4 Å². The molecule has 1 aromatic heterocycles. The van der Waals surface area contributed by atoms with Crippen molar-refractivity contribution in [3.05, 3.63) is 29.8 Å². The number of nitrogen functional groups attached to an aromatic ring is 2. The Labute approximate surface area is 132 Å². The Morgan fingerprint density at radius 3 is 2.64 bits per heavy atom. The van der Waals surface area contributed by atoms with Crippen LogP contribution in [0.2, 0.25) is 0 Å². The first-order valence-corrected chi connectivity index (χ1v) is 7.75. The van der Waals surface area contributed by atoms with Crippen LogP contribution in [0.4, 0.5) is 17.6 Å². The van der Waals surface area contributed by atoms with E-state index in [0.717, 1.165) is 12.1 Å². The minimum Gasteiger partial charge on any atom is -0.368 e. The van der Waals surface area contributed by atoms with Crippen LogP contribution in [0.1, 0.15) is 12.5 Å². The lowest BCUT2D eigenvalue weighted by atomic mass is 10.2. The maximum absolute atomic E-state index is 12.7. The molecule has 7 nitrogen and oxygen atoms in total. The number of anilines is 3. The molecule has 1 aromatic carbocycles. The van der Waals surface area contributed by atoms with Crippen molar-refractivity contribution in [2.75, 3.05) is 22.9 Å². The van der Waals surface area contributed by atoms with Crippen LogP contribution in [0.5, 0.6) is 0 Å². The van der Waals surface area contributed by atoms with Crippen molar-refractivity contribution in [2.45, 2.75) is 23.8 Å². The van der Waals surface area contributed by atoms with Gasteiger partial charge in [0.2, 0.25) is 17.8 Å². The van der Waals surface area contributed by atoms with Gasteiger partial charge in [-0.1, -0.05) is 30.0 Å². The standard InChI is InChI=1S/C14H16N6OS/c1-8(22-14-18-12(15)17-13(16)19-14)11(21)20-7-6-9-4-2-3-5-10(9)20/h2-5,8H,6-7H2,1H3,(H4,15,16,17,18,19)/t8-/m1/s1. The Kier molecular flexibility index (Phi) is 3.84. The maximum atomic E-state index is 12.7. The Balaban J connectivity index is 1.75. The van der Waals surface area contributed by atoms with Crippen LogP contribution >= 0.6 is 11.8 Å². The summed E-state index contributed by atoms with van der Waals surface area (Å²) in [6, 6.07) is 7.95. The number of benzene rings is 1. The molecule has 0 spiro atoms. The number of aromatic nitrogens is 3. The van der Waals surface area contributed by atoms with Crippen molar-refractivity contribution >= 4 is 35.3 Å². The van der Waals surface area contributed by atoms with Gasteiger partial charge in [-0.3, -0.25) is 4.79 Å². The number of thioether (sulfide) groups is 1. The zero-order valence-corrected chi connectivity index (χ0v) is 12.9. The third-order valence-electron chi connectivity index (χ3n) is 3.43. The first-order valence-electron chi connectivity index (χ1n) is 6.87. The van der Waals surface area contributed by atoms with E-state index in [4.69, 9.17) is 11.5 Å². The molecule has 8 heteroatoms. The molecule has 0 radical (unpaired) electrons. The molecule has 1 aliphatic rings. The number of hydrogen-bond donors (Lipinski definition) is 2. The van der Waals surface area contributed by atoms with E-state index in [1.807, 2.05) is 31.2 Å². The van der Waals surface area contributed by atoms with Gasteiger partial charge in [0.05, 0.1) is 5.25 Å². The SMILES string of the molecule is C[C@@H](Sc1nc(N)nc(N)n1)C(=O)N1CCc2ccccc21. The predicted molar refractivity (Wildman–Crippen MR) is 86.5 cm³/mol. The first-order chi connectivity index (χ1) is 10.5. The number of amides is 1. The highest BCUT2D eigenvalue weighted by Crippen LogP contribution is 2.30. The van der Waals surface area contributed by atoms with E-state index in [-0.39, 0.29) is 23.1 Å². The van der Waals surface area contributed by atoms with E-state index in [2.05, 4.69) is 15.0 Å². The smallest absolute Gasteiger partial charge is 0.240 e. The molecule has 2 aromatic rings. The predicted octanol–water partition coefficient (Wildman–Crippen LogP) is 1.11. The fraction of sp³-hybridized carbons (Fsp3) is 0.286. The molecular formula is C14H16N6OS. The molecule has 0 saturated heterocycles. The van der Waals surface area contributed by atoms with Gasteiger partial charge >= 0.3 is 0 Å². The summed E-state index contributed by atoms with van der Waals surface area (Å²) in [7, 11) is 0. The van der Waals surface area contributed by atoms with Crippen LogP contribution in [-0.2, 0) is 11.2 Å². The van der Waals surface area contributed by atoms with Gasteiger partial charge in [0.25, 0.3) is 0 Å². The quantitative estimate of drug-likeness (QED) is 0.816. The average molecular weight is 316 g/mol. The topological polar surface area (TPSA) is 111 Å². The lowest BCUT2D eigenvalue weighted by Crippen LogP contribution is -2.35. The molecule has 114 valence electrons. The van der Waals surface area contributed by atoms with Crippen LogP contribution in [0.3, 0.4) is 0 Å². The third kappa shape index (κ3) is 2.82. The summed E-state index contributed by atoms with van der Waals surface area (Å²) in [5.41, 5.74) is 13.3. The highest BCUT2D eigenvalue weighted by Gasteiger charge is 2.28. The third-order valence-corrected chi connectivity index (χ3v) is 4.38. The number of fused-ring (bicyclic) bond motifs is 1. The minimum atomic E-state index is -0.340. The van der Waals surface area contributed by atoms with E-state index < -0.39 is 0 Å². The molecule has 0 saturated carbocycles. The summed E-state index contributed by atoms with van der Waals surface area (Å²) >= 11 is 1.23. The number of rotatable bonds is 3. The summed E-state index contributed by atoms with van der Waals surface area (Å²) in [6.07, 6.45) is 0.880. The monoisotopic (exact) mass is 316 g/mol. The van der Waals surface area contributed by atoms with Gasteiger partial charge in [0, 0.05) is 12.2 Å². The lowest BCUT2D eigenvalue weighted by molar-refractivity contribution is -0.117. The molecule has 1 atom stereocenters. The van der Waals surface area contributed by atoms with E-state index in [1.165, 1.54) is 17.3 Å². The van der Waals surface area contributed by atoms with Crippen molar-refractivity contribution in [3.63, 3.8) is 0 Å². The number of carbonyl (C=O) groups excluding carboxylic acids is 1. The normalized spacial score (nSPS) is 14.7. The molecule has 2 heterocycles.